The van der Waals surface area contributed by atoms with Crippen molar-refractivity contribution < 1.29 is 76.3 Å². The number of nitrogens with one attached hydrogen (secondary N) is 2. The molecule has 2 atom stereocenters. The van der Waals surface area contributed by atoms with Crippen molar-refractivity contribution in [2.24, 2.45) is 21.7 Å². The maximum atomic E-state index is 13.3. The van der Waals surface area contributed by atoms with E-state index in [9.17, 15) is 38.4 Å². The molecule has 1 fully saturated rings. The van der Waals surface area contributed by atoms with Crippen LogP contribution in [0.3, 0.4) is 0 Å². The monoisotopic (exact) mass is 824 g/mol. The fourth-order valence-electron chi connectivity index (χ4n) is 6.21. The third-order valence-corrected chi connectivity index (χ3v) is 8.99. The number of esters is 6. The molecule has 0 aromatic rings. The molecule has 2 amide bonds. The minimum Gasteiger partial charge on any atom is -0.465 e. The Kier molecular flexibility index (Phi) is 21.3. The van der Waals surface area contributed by atoms with E-state index in [4.69, 9.17) is 37.9 Å². The maximum Gasteiger partial charge on any atom is 0.407 e. The standard InChI is InChI=1S/C40H60N2O16/c1-10-29(43)51-20-39(21-52-30(44)11-2,22-53-31(45)12-3)26-57-35(49)41-19-38(9)17-28(16-37(7,8)18-38)42-36(50)58-27-40(23-54-32(46)13-4,24-55-33(47)14-5)25-56-34(48)15-6/h10-11,13,28H,1-2,4,12,14-27H2,3,5-9H3,(H,41,49)(H,42,50). The summed E-state index contributed by atoms with van der Waals surface area (Å²) in [6.07, 6.45) is 2.72. The minimum absolute atomic E-state index is 0.0269. The van der Waals surface area contributed by atoms with Gasteiger partial charge in [-0.15, -0.1) is 0 Å². The van der Waals surface area contributed by atoms with Gasteiger partial charge < -0.3 is 48.5 Å². The average Bonchev–Trinajstić information content (AvgIpc) is 3.19. The number of rotatable bonds is 25. The lowest BCUT2D eigenvalue weighted by atomic mass is 9.62. The molecule has 18 heteroatoms. The normalized spacial score (nSPS) is 17.2. The fraction of sp³-hybridized carbons (Fsp3) is 0.650. The van der Waals surface area contributed by atoms with Crippen molar-refractivity contribution in [2.45, 2.75) is 86.1 Å². The molecular weight excluding hydrogens is 764 g/mol. The molecule has 2 unspecified atom stereocenters. The van der Waals surface area contributed by atoms with Crippen LogP contribution >= 0.6 is 0 Å². The van der Waals surface area contributed by atoms with Gasteiger partial charge in [0.05, 0.1) is 0 Å². The van der Waals surface area contributed by atoms with Gasteiger partial charge in [0, 0.05) is 50.1 Å². The third kappa shape index (κ3) is 19.1. The summed E-state index contributed by atoms with van der Waals surface area (Å²) in [5.41, 5.74) is -3.83. The van der Waals surface area contributed by atoms with Crippen molar-refractivity contribution in [2.75, 3.05) is 59.4 Å². The Hall–Kier alpha value is -5.42. The van der Waals surface area contributed by atoms with Crippen molar-refractivity contribution in [3.05, 3.63) is 38.0 Å². The van der Waals surface area contributed by atoms with Crippen LogP contribution in [0.4, 0.5) is 9.59 Å². The molecule has 0 bridgehead atoms. The summed E-state index contributed by atoms with van der Waals surface area (Å²) in [6.45, 7) is 17.3. The highest BCUT2D eigenvalue weighted by Crippen LogP contribution is 2.46. The number of carbonyl (C=O) groups is 8. The predicted molar refractivity (Wildman–Crippen MR) is 205 cm³/mol. The summed E-state index contributed by atoms with van der Waals surface area (Å²) in [5, 5.41) is 5.61. The number of ether oxygens (including phenoxy) is 8. The molecule has 326 valence electrons. The SMILES string of the molecule is C=CC(=O)OCC(COC(=O)C=C)(COC(=O)CC)COC(=O)NCC1(C)CC(NC(=O)OCC(COC(=O)C=C)(COC(=O)CC)COC(=O)CC)CC(C)(C)C1. The van der Waals surface area contributed by atoms with Crippen LogP contribution in [-0.2, 0) is 66.7 Å². The van der Waals surface area contributed by atoms with E-state index >= 15 is 0 Å². The average molecular weight is 825 g/mol. The molecule has 18 nitrogen and oxygen atoms in total. The van der Waals surface area contributed by atoms with Crippen LogP contribution in [0.15, 0.2) is 38.0 Å². The van der Waals surface area contributed by atoms with Gasteiger partial charge in [0.1, 0.15) is 63.7 Å². The molecule has 1 aliphatic carbocycles. The lowest BCUT2D eigenvalue weighted by Crippen LogP contribution is -2.51. The van der Waals surface area contributed by atoms with E-state index in [-0.39, 0.29) is 31.2 Å². The van der Waals surface area contributed by atoms with Gasteiger partial charge in [-0.25, -0.2) is 24.0 Å². The van der Waals surface area contributed by atoms with Crippen molar-refractivity contribution >= 4 is 48.0 Å². The zero-order valence-corrected chi connectivity index (χ0v) is 34.6. The fourth-order valence-corrected chi connectivity index (χ4v) is 6.21. The molecule has 58 heavy (non-hydrogen) atoms. The van der Waals surface area contributed by atoms with E-state index < -0.39 is 123 Å². The minimum atomic E-state index is -1.48. The number of amides is 2. The van der Waals surface area contributed by atoms with E-state index in [2.05, 4.69) is 30.4 Å². The molecule has 0 aliphatic heterocycles. The van der Waals surface area contributed by atoms with Crippen molar-refractivity contribution in [1.29, 1.82) is 0 Å². The van der Waals surface area contributed by atoms with E-state index in [1.54, 1.807) is 20.8 Å². The van der Waals surface area contributed by atoms with Crippen LogP contribution in [0.25, 0.3) is 0 Å². The molecule has 1 rings (SSSR count). The molecule has 2 N–H and O–H groups in total. The summed E-state index contributed by atoms with van der Waals surface area (Å²) in [7, 11) is 0. The first-order valence-corrected chi connectivity index (χ1v) is 18.9. The van der Waals surface area contributed by atoms with Gasteiger partial charge in [-0.2, -0.15) is 0 Å². The van der Waals surface area contributed by atoms with Gasteiger partial charge in [-0.1, -0.05) is 61.3 Å². The smallest absolute Gasteiger partial charge is 0.407 e. The number of hydrogen-bond donors (Lipinski definition) is 2. The molecule has 1 saturated carbocycles. The van der Waals surface area contributed by atoms with E-state index in [1.165, 1.54) is 0 Å². The van der Waals surface area contributed by atoms with Gasteiger partial charge in [-0.3, -0.25) is 14.4 Å². The van der Waals surface area contributed by atoms with Crippen molar-refractivity contribution in [3.63, 3.8) is 0 Å². The van der Waals surface area contributed by atoms with Gasteiger partial charge in [0.25, 0.3) is 0 Å². The third-order valence-electron chi connectivity index (χ3n) is 8.99. The predicted octanol–water partition coefficient (Wildman–Crippen LogP) is 4.04. The van der Waals surface area contributed by atoms with Gasteiger partial charge in [-0.05, 0) is 30.1 Å². The molecule has 1 aliphatic rings. The Labute approximate surface area is 339 Å². The van der Waals surface area contributed by atoms with E-state index in [0.29, 0.717) is 19.3 Å². The number of carbonyl (C=O) groups excluding carboxylic acids is 8. The Balaban J connectivity index is 3.12. The summed E-state index contributed by atoms with van der Waals surface area (Å²) in [6, 6.07) is -0.442. The summed E-state index contributed by atoms with van der Waals surface area (Å²) < 4.78 is 42.6. The Morgan fingerprint density at radius 2 is 0.897 bits per heavy atom. The molecule has 0 aromatic heterocycles. The van der Waals surface area contributed by atoms with Crippen LogP contribution in [0.5, 0.6) is 0 Å². The largest absolute Gasteiger partial charge is 0.465 e. The first-order valence-electron chi connectivity index (χ1n) is 18.9. The lowest BCUT2D eigenvalue weighted by Gasteiger charge is -2.46. The molecule has 0 spiro atoms. The van der Waals surface area contributed by atoms with Crippen molar-refractivity contribution in [3.8, 4) is 0 Å². The van der Waals surface area contributed by atoms with Gasteiger partial charge in [0.2, 0.25) is 0 Å². The van der Waals surface area contributed by atoms with E-state index in [1.807, 2.05) is 20.8 Å². The quantitative estimate of drug-likeness (QED) is 0.0751. The molecule has 0 saturated heterocycles. The maximum absolute atomic E-state index is 13.3. The zero-order valence-electron chi connectivity index (χ0n) is 34.6. The summed E-state index contributed by atoms with van der Waals surface area (Å²) >= 11 is 0. The van der Waals surface area contributed by atoms with Crippen LogP contribution in [0.1, 0.15) is 80.1 Å². The second-order valence-corrected chi connectivity index (χ2v) is 15.4. The lowest BCUT2D eigenvalue weighted by molar-refractivity contribution is -0.165. The van der Waals surface area contributed by atoms with Crippen LogP contribution in [0, 0.1) is 21.7 Å². The van der Waals surface area contributed by atoms with Crippen LogP contribution in [-0.4, -0.2) is 113 Å². The van der Waals surface area contributed by atoms with Gasteiger partial charge in [0.15, 0.2) is 0 Å². The summed E-state index contributed by atoms with van der Waals surface area (Å²) in [5.74, 6) is -4.16. The second kappa shape index (κ2) is 24.4. The molecule has 0 radical (unpaired) electrons. The van der Waals surface area contributed by atoms with Crippen LogP contribution in [0.2, 0.25) is 0 Å². The van der Waals surface area contributed by atoms with Crippen molar-refractivity contribution in [1.82, 2.24) is 10.6 Å². The first-order chi connectivity index (χ1) is 27.2. The Bertz CT molecular complexity index is 1450. The first kappa shape index (κ1) is 50.6. The number of hydrogen-bond acceptors (Lipinski definition) is 16. The van der Waals surface area contributed by atoms with E-state index in [0.717, 1.165) is 18.2 Å². The molecular formula is C40H60N2O16. The Morgan fingerprint density at radius 1 is 0.552 bits per heavy atom. The number of alkyl carbamates (subject to hydrolysis) is 2. The Morgan fingerprint density at radius 3 is 1.26 bits per heavy atom. The van der Waals surface area contributed by atoms with Gasteiger partial charge >= 0.3 is 48.0 Å². The highest BCUT2D eigenvalue weighted by atomic mass is 16.6. The second-order valence-electron chi connectivity index (χ2n) is 15.4. The highest BCUT2D eigenvalue weighted by Gasteiger charge is 2.44. The highest BCUT2D eigenvalue weighted by molar-refractivity contribution is 5.82. The molecule has 0 aromatic carbocycles. The molecule has 0 heterocycles. The van der Waals surface area contributed by atoms with Crippen LogP contribution < -0.4 is 10.6 Å². The zero-order chi connectivity index (χ0) is 44.0. The summed E-state index contributed by atoms with van der Waals surface area (Å²) in [4.78, 5) is 98.4. The topological polar surface area (TPSA) is 234 Å².